The Kier molecular flexibility index (Phi) is 4.50. The van der Waals surface area contributed by atoms with Gasteiger partial charge in [-0.3, -0.25) is 4.79 Å². The van der Waals surface area contributed by atoms with Crippen LogP contribution in [0.3, 0.4) is 0 Å². The Balaban J connectivity index is 1.72. The van der Waals surface area contributed by atoms with Gasteiger partial charge in [-0.05, 0) is 29.7 Å². The number of fused-ring (bicyclic) bond motifs is 1. The number of nitrogen functional groups attached to an aromatic ring is 1. The smallest absolute Gasteiger partial charge is 0.227 e. The lowest BCUT2D eigenvalue weighted by molar-refractivity contribution is -0.131. The van der Waals surface area contributed by atoms with Crippen LogP contribution >= 0.6 is 0 Å². The topological polar surface area (TPSA) is 90.6 Å². The highest BCUT2D eigenvalue weighted by molar-refractivity contribution is 5.79. The summed E-state index contributed by atoms with van der Waals surface area (Å²) in [7, 11) is 3.16. The number of amides is 1. The first-order valence-electron chi connectivity index (χ1n) is 7.69. The molecule has 0 spiro atoms. The number of ether oxygens (including phenoxy) is 2. The number of carbonyl (C=O) groups is 1. The van der Waals surface area contributed by atoms with Crippen LogP contribution in [0.25, 0.3) is 0 Å². The van der Waals surface area contributed by atoms with Crippen molar-refractivity contribution in [1.82, 2.24) is 14.9 Å². The van der Waals surface area contributed by atoms with Crippen molar-refractivity contribution in [2.75, 3.05) is 26.5 Å². The summed E-state index contributed by atoms with van der Waals surface area (Å²) < 4.78 is 10.5. The van der Waals surface area contributed by atoms with E-state index in [1.807, 2.05) is 12.1 Å². The molecule has 0 aliphatic carbocycles. The lowest BCUT2D eigenvalue weighted by Gasteiger charge is -2.28. The van der Waals surface area contributed by atoms with Gasteiger partial charge in [0.2, 0.25) is 11.9 Å². The summed E-state index contributed by atoms with van der Waals surface area (Å²) in [6, 6.07) is 5.51. The minimum absolute atomic E-state index is 0.0463. The van der Waals surface area contributed by atoms with Gasteiger partial charge in [0.05, 0.1) is 32.9 Å². The first-order chi connectivity index (χ1) is 11.6. The molecule has 7 nitrogen and oxygen atoms in total. The van der Waals surface area contributed by atoms with Gasteiger partial charge in [-0.25, -0.2) is 9.97 Å². The highest BCUT2D eigenvalue weighted by Gasteiger charge is 2.22. The largest absolute Gasteiger partial charge is 0.493 e. The fourth-order valence-corrected chi connectivity index (χ4v) is 2.81. The maximum absolute atomic E-state index is 12.6. The number of aromatic nitrogens is 2. The minimum Gasteiger partial charge on any atom is -0.493 e. The average molecular weight is 328 g/mol. The van der Waals surface area contributed by atoms with Crippen LogP contribution in [0.1, 0.15) is 16.8 Å². The van der Waals surface area contributed by atoms with E-state index in [0.717, 1.165) is 23.2 Å². The van der Waals surface area contributed by atoms with Gasteiger partial charge in [-0.1, -0.05) is 6.07 Å². The third-order valence-electron chi connectivity index (χ3n) is 4.12. The molecule has 24 heavy (non-hydrogen) atoms. The second kappa shape index (κ2) is 6.74. The number of methoxy groups -OCH3 is 2. The molecule has 0 saturated heterocycles. The van der Waals surface area contributed by atoms with E-state index in [1.54, 1.807) is 31.4 Å². The molecule has 1 aromatic heterocycles. The van der Waals surface area contributed by atoms with Crippen molar-refractivity contribution in [3.63, 3.8) is 0 Å². The van der Waals surface area contributed by atoms with Gasteiger partial charge in [0, 0.05) is 12.7 Å². The Morgan fingerprint density at radius 2 is 2.08 bits per heavy atom. The molecule has 126 valence electrons. The zero-order valence-corrected chi connectivity index (χ0v) is 13.8. The van der Waals surface area contributed by atoms with Crippen molar-refractivity contribution in [3.8, 4) is 11.5 Å². The van der Waals surface area contributed by atoms with Gasteiger partial charge in [0.25, 0.3) is 0 Å². The molecular formula is C17H20N4O3. The summed E-state index contributed by atoms with van der Waals surface area (Å²) in [5.41, 5.74) is 8.40. The van der Waals surface area contributed by atoms with Crippen molar-refractivity contribution >= 4 is 11.9 Å². The van der Waals surface area contributed by atoms with E-state index < -0.39 is 0 Å². The molecule has 0 unspecified atom stereocenters. The average Bonchev–Trinajstić information content (AvgIpc) is 2.60. The lowest BCUT2D eigenvalue weighted by atomic mass is 10.1. The molecule has 7 heteroatoms. The Labute approximate surface area is 140 Å². The number of nitrogens with zero attached hydrogens (tertiary/aromatic N) is 3. The molecule has 3 rings (SSSR count). The molecular weight excluding hydrogens is 308 g/mol. The maximum atomic E-state index is 12.6. The second-order valence-electron chi connectivity index (χ2n) is 5.63. The maximum Gasteiger partial charge on any atom is 0.227 e. The number of nitrogens with two attached hydrogens (primary N) is 1. The van der Waals surface area contributed by atoms with Crippen LogP contribution in [0, 0.1) is 0 Å². The highest BCUT2D eigenvalue weighted by Crippen LogP contribution is 2.28. The Morgan fingerprint density at radius 1 is 1.29 bits per heavy atom. The predicted octanol–water partition coefficient (Wildman–Crippen LogP) is 1.20. The van der Waals surface area contributed by atoms with Crippen LogP contribution < -0.4 is 15.2 Å². The summed E-state index contributed by atoms with van der Waals surface area (Å²) in [5, 5.41) is 0. The molecule has 1 aliphatic rings. The molecule has 0 fully saturated rings. The van der Waals surface area contributed by atoms with Gasteiger partial charge in [0.1, 0.15) is 0 Å². The highest BCUT2D eigenvalue weighted by atomic mass is 16.5. The third-order valence-corrected chi connectivity index (χ3v) is 4.12. The molecule has 2 N–H and O–H groups in total. The summed E-state index contributed by atoms with van der Waals surface area (Å²) in [6.07, 6.45) is 2.79. The number of benzene rings is 1. The van der Waals surface area contributed by atoms with Crippen LogP contribution in [0.4, 0.5) is 5.95 Å². The third kappa shape index (κ3) is 3.24. The fourth-order valence-electron chi connectivity index (χ4n) is 2.81. The molecule has 1 aliphatic heterocycles. The Hall–Kier alpha value is -2.83. The van der Waals surface area contributed by atoms with Crippen molar-refractivity contribution < 1.29 is 14.3 Å². The quantitative estimate of drug-likeness (QED) is 0.907. The summed E-state index contributed by atoms with van der Waals surface area (Å²) in [4.78, 5) is 22.6. The Bertz CT molecular complexity index is 763. The monoisotopic (exact) mass is 328 g/mol. The number of hydrogen-bond acceptors (Lipinski definition) is 6. The number of hydrogen-bond donors (Lipinski definition) is 1. The van der Waals surface area contributed by atoms with Gasteiger partial charge >= 0.3 is 0 Å². The minimum atomic E-state index is 0.0463. The van der Waals surface area contributed by atoms with E-state index in [9.17, 15) is 4.79 Å². The zero-order valence-electron chi connectivity index (χ0n) is 13.8. The van der Waals surface area contributed by atoms with E-state index in [4.69, 9.17) is 15.2 Å². The molecule has 0 radical (unpaired) electrons. The fraction of sp³-hybridized carbons (Fsp3) is 0.353. The van der Waals surface area contributed by atoms with Gasteiger partial charge < -0.3 is 20.1 Å². The van der Waals surface area contributed by atoms with Crippen molar-refractivity contribution in [3.05, 3.63) is 41.2 Å². The molecule has 0 atom stereocenters. The zero-order chi connectivity index (χ0) is 17.1. The second-order valence-corrected chi connectivity index (χ2v) is 5.63. The van der Waals surface area contributed by atoms with Crippen LogP contribution in [0.15, 0.2) is 24.4 Å². The first kappa shape index (κ1) is 16.0. The summed E-state index contributed by atoms with van der Waals surface area (Å²) in [6.45, 7) is 1.13. The van der Waals surface area contributed by atoms with Crippen molar-refractivity contribution in [2.45, 2.75) is 19.4 Å². The molecule has 1 amide bonds. The van der Waals surface area contributed by atoms with Crippen molar-refractivity contribution in [2.24, 2.45) is 0 Å². The standard InChI is InChI=1S/C17H20N4O3/c1-23-14-4-3-11(7-15(14)24-2)8-16(22)21-6-5-12-9-19-17(18)20-13(12)10-21/h3-4,7,9H,5-6,8,10H2,1-2H3,(H2,18,19,20). The summed E-state index contributed by atoms with van der Waals surface area (Å²) in [5.74, 6) is 1.55. The predicted molar refractivity (Wildman–Crippen MR) is 88.8 cm³/mol. The first-order valence-corrected chi connectivity index (χ1v) is 7.69. The molecule has 1 aromatic carbocycles. The molecule has 0 bridgehead atoms. The van der Waals surface area contributed by atoms with E-state index >= 15 is 0 Å². The number of anilines is 1. The van der Waals surface area contributed by atoms with Gasteiger partial charge in [-0.15, -0.1) is 0 Å². The van der Waals surface area contributed by atoms with Crippen LogP contribution in [0.5, 0.6) is 11.5 Å². The van der Waals surface area contributed by atoms with E-state index in [1.165, 1.54) is 0 Å². The van der Waals surface area contributed by atoms with E-state index in [-0.39, 0.29) is 11.9 Å². The molecule has 0 saturated carbocycles. The molecule has 2 heterocycles. The number of carbonyl (C=O) groups excluding carboxylic acids is 1. The van der Waals surface area contributed by atoms with E-state index in [2.05, 4.69) is 9.97 Å². The van der Waals surface area contributed by atoms with E-state index in [0.29, 0.717) is 31.0 Å². The van der Waals surface area contributed by atoms with Gasteiger partial charge in [0.15, 0.2) is 11.5 Å². The number of rotatable bonds is 4. The van der Waals surface area contributed by atoms with Crippen LogP contribution in [-0.2, 0) is 24.2 Å². The van der Waals surface area contributed by atoms with Gasteiger partial charge in [-0.2, -0.15) is 0 Å². The normalized spacial score (nSPS) is 13.3. The van der Waals surface area contributed by atoms with Crippen LogP contribution in [-0.4, -0.2) is 41.5 Å². The van der Waals surface area contributed by atoms with Crippen LogP contribution in [0.2, 0.25) is 0 Å². The Morgan fingerprint density at radius 3 is 2.83 bits per heavy atom. The van der Waals surface area contributed by atoms with Crippen molar-refractivity contribution in [1.29, 1.82) is 0 Å². The molecule has 2 aromatic rings. The summed E-state index contributed by atoms with van der Waals surface area (Å²) >= 11 is 0. The lowest BCUT2D eigenvalue weighted by Crippen LogP contribution is -2.37. The SMILES string of the molecule is COc1ccc(CC(=O)N2CCc3cnc(N)nc3C2)cc1OC.